The maximum atomic E-state index is 11.7. The smallest absolute Gasteiger partial charge is 0.317 e. The highest BCUT2D eigenvalue weighted by Crippen LogP contribution is 2.08. The molecule has 0 unspecified atom stereocenters. The van der Waals surface area contributed by atoms with Gasteiger partial charge in [0.05, 0.1) is 0 Å². The molecule has 3 heteroatoms. The maximum Gasteiger partial charge on any atom is 0.317 e. The number of hydrogen-bond donors (Lipinski definition) is 1. The summed E-state index contributed by atoms with van der Waals surface area (Å²) < 4.78 is 0. The van der Waals surface area contributed by atoms with Gasteiger partial charge in [0, 0.05) is 19.6 Å². The fraction of sp³-hybridized carbons (Fsp3) is 0.917. The first-order chi connectivity index (χ1) is 7.20. The van der Waals surface area contributed by atoms with Crippen LogP contribution in [0, 0.1) is 5.92 Å². The van der Waals surface area contributed by atoms with Crippen molar-refractivity contribution in [1.29, 1.82) is 0 Å². The van der Waals surface area contributed by atoms with Crippen molar-refractivity contribution in [2.75, 3.05) is 19.6 Å². The topological polar surface area (TPSA) is 32.3 Å². The zero-order valence-electron chi connectivity index (χ0n) is 10.1. The highest BCUT2D eigenvalue weighted by atomic mass is 16.2. The van der Waals surface area contributed by atoms with Crippen molar-refractivity contribution in [3.05, 3.63) is 0 Å². The molecule has 0 aromatic rings. The normalized spacial score (nSPS) is 16.9. The van der Waals surface area contributed by atoms with E-state index in [4.69, 9.17) is 0 Å². The third kappa shape index (κ3) is 5.05. The lowest BCUT2D eigenvalue weighted by Crippen LogP contribution is -2.43. The van der Waals surface area contributed by atoms with Crippen LogP contribution in [0.4, 0.5) is 4.79 Å². The van der Waals surface area contributed by atoms with Crippen LogP contribution in [-0.4, -0.2) is 30.6 Å². The van der Waals surface area contributed by atoms with Gasteiger partial charge in [0.2, 0.25) is 0 Å². The lowest BCUT2D eigenvalue weighted by atomic mass is 10.1. The Balaban J connectivity index is 2.07. The number of carbonyl (C=O) groups excluding carboxylic acids is 1. The first-order valence-corrected chi connectivity index (χ1v) is 6.23. The Hall–Kier alpha value is -0.730. The first kappa shape index (κ1) is 12.3. The van der Waals surface area contributed by atoms with Crippen LogP contribution in [0.15, 0.2) is 0 Å². The predicted octanol–water partition coefficient (Wildman–Crippen LogP) is 2.62. The van der Waals surface area contributed by atoms with E-state index in [0.717, 1.165) is 32.0 Å². The molecule has 0 atom stereocenters. The predicted molar refractivity (Wildman–Crippen MR) is 62.9 cm³/mol. The zero-order chi connectivity index (χ0) is 11.1. The molecule has 0 aromatic heterocycles. The van der Waals surface area contributed by atoms with E-state index < -0.39 is 0 Å². The summed E-state index contributed by atoms with van der Waals surface area (Å²) >= 11 is 0. The number of urea groups is 1. The first-order valence-electron chi connectivity index (χ1n) is 6.23. The summed E-state index contributed by atoms with van der Waals surface area (Å²) in [4.78, 5) is 13.6. The van der Waals surface area contributed by atoms with Gasteiger partial charge in [-0.15, -0.1) is 0 Å². The number of piperidine rings is 1. The molecule has 1 saturated heterocycles. The second-order valence-electron chi connectivity index (χ2n) is 4.82. The molecule has 15 heavy (non-hydrogen) atoms. The summed E-state index contributed by atoms with van der Waals surface area (Å²) in [6, 6.07) is 0.137. The Labute approximate surface area is 93.2 Å². The number of nitrogens with one attached hydrogen (secondary N) is 1. The van der Waals surface area contributed by atoms with Gasteiger partial charge in [-0.25, -0.2) is 4.79 Å². The molecule has 2 amide bonds. The minimum atomic E-state index is 0.137. The molecule has 0 radical (unpaired) electrons. The van der Waals surface area contributed by atoms with Gasteiger partial charge in [-0.2, -0.15) is 0 Å². The average Bonchev–Trinajstić information content (AvgIpc) is 2.25. The highest BCUT2D eigenvalue weighted by molar-refractivity contribution is 5.74. The van der Waals surface area contributed by atoms with Gasteiger partial charge in [-0.3, -0.25) is 0 Å². The van der Waals surface area contributed by atoms with E-state index in [-0.39, 0.29) is 6.03 Å². The minimum absolute atomic E-state index is 0.137. The van der Waals surface area contributed by atoms with Crippen LogP contribution in [0.5, 0.6) is 0 Å². The van der Waals surface area contributed by atoms with Crippen LogP contribution < -0.4 is 5.32 Å². The Bertz CT molecular complexity index is 186. The van der Waals surface area contributed by atoms with Gasteiger partial charge in [0.15, 0.2) is 0 Å². The summed E-state index contributed by atoms with van der Waals surface area (Å²) in [6.07, 6.45) is 5.90. The molecule has 0 bridgehead atoms. The summed E-state index contributed by atoms with van der Waals surface area (Å²) in [5, 5.41) is 2.99. The molecule has 1 aliphatic rings. The van der Waals surface area contributed by atoms with E-state index >= 15 is 0 Å². The van der Waals surface area contributed by atoms with Crippen LogP contribution in [0.3, 0.4) is 0 Å². The summed E-state index contributed by atoms with van der Waals surface area (Å²) in [6.45, 7) is 7.14. The number of hydrogen-bond acceptors (Lipinski definition) is 1. The Morgan fingerprint density at radius 2 is 1.93 bits per heavy atom. The highest BCUT2D eigenvalue weighted by Gasteiger charge is 2.15. The van der Waals surface area contributed by atoms with E-state index in [1.54, 1.807) is 0 Å². The van der Waals surface area contributed by atoms with Crippen LogP contribution >= 0.6 is 0 Å². The lowest BCUT2D eigenvalue weighted by molar-refractivity contribution is 0.186. The van der Waals surface area contributed by atoms with Crippen LogP contribution in [0.1, 0.15) is 46.0 Å². The molecule has 1 heterocycles. The second-order valence-corrected chi connectivity index (χ2v) is 4.82. The molecule has 0 aromatic carbocycles. The van der Waals surface area contributed by atoms with Crippen molar-refractivity contribution in [3.63, 3.8) is 0 Å². The van der Waals surface area contributed by atoms with E-state index in [9.17, 15) is 4.79 Å². The second kappa shape index (κ2) is 6.70. The number of carbonyl (C=O) groups is 1. The van der Waals surface area contributed by atoms with Crippen molar-refractivity contribution >= 4 is 6.03 Å². The molecule has 0 spiro atoms. The molecule has 0 aliphatic carbocycles. The molecule has 3 nitrogen and oxygen atoms in total. The third-order valence-electron chi connectivity index (χ3n) is 2.88. The average molecular weight is 212 g/mol. The van der Waals surface area contributed by atoms with Crippen molar-refractivity contribution < 1.29 is 4.79 Å². The molecular formula is C12H24N2O. The number of nitrogens with zero attached hydrogens (tertiary/aromatic N) is 1. The standard InChI is InChI=1S/C12H24N2O/c1-11(2)7-6-8-13-12(15)14-9-4-3-5-10-14/h11H,3-10H2,1-2H3,(H,13,15). The van der Waals surface area contributed by atoms with Gasteiger partial charge in [0.25, 0.3) is 0 Å². The Morgan fingerprint density at radius 1 is 1.27 bits per heavy atom. The monoisotopic (exact) mass is 212 g/mol. The van der Waals surface area contributed by atoms with Gasteiger partial charge in [0.1, 0.15) is 0 Å². The van der Waals surface area contributed by atoms with E-state index in [1.165, 1.54) is 25.7 Å². The minimum Gasteiger partial charge on any atom is -0.338 e. The summed E-state index contributed by atoms with van der Waals surface area (Å²) in [7, 11) is 0. The quantitative estimate of drug-likeness (QED) is 0.714. The van der Waals surface area contributed by atoms with E-state index in [1.807, 2.05) is 4.90 Å². The maximum absolute atomic E-state index is 11.7. The number of likely N-dealkylation sites (tertiary alicyclic amines) is 1. The molecule has 1 aliphatic heterocycles. The van der Waals surface area contributed by atoms with Crippen LogP contribution in [0.25, 0.3) is 0 Å². The molecular weight excluding hydrogens is 188 g/mol. The SMILES string of the molecule is CC(C)CCCNC(=O)N1CCCCC1. The van der Waals surface area contributed by atoms with E-state index in [0.29, 0.717) is 0 Å². The Morgan fingerprint density at radius 3 is 2.53 bits per heavy atom. The van der Waals surface area contributed by atoms with Crippen LogP contribution in [-0.2, 0) is 0 Å². The van der Waals surface area contributed by atoms with Gasteiger partial charge < -0.3 is 10.2 Å². The molecule has 0 saturated carbocycles. The molecule has 1 fully saturated rings. The number of amides is 2. The molecule has 88 valence electrons. The zero-order valence-corrected chi connectivity index (χ0v) is 10.1. The van der Waals surface area contributed by atoms with Crippen LogP contribution in [0.2, 0.25) is 0 Å². The fourth-order valence-electron chi connectivity index (χ4n) is 1.91. The van der Waals surface area contributed by atoms with Crippen molar-refractivity contribution in [3.8, 4) is 0 Å². The molecule has 1 N–H and O–H groups in total. The largest absolute Gasteiger partial charge is 0.338 e. The van der Waals surface area contributed by atoms with Gasteiger partial charge in [-0.1, -0.05) is 13.8 Å². The lowest BCUT2D eigenvalue weighted by Gasteiger charge is -2.26. The van der Waals surface area contributed by atoms with Crippen molar-refractivity contribution in [2.24, 2.45) is 5.92 Å². The van der Waals surface area contributed by atoms with Crippen molar-refractivity contribution in [2.45, 2.75) is 46.0 Å². The molecule has 1 rings (SSSR count). The van der Waals surface area contributed by atoms with Gasteiger partial charge in [-0.05, 0) is 38.0 Å². The summed E-state index contributed by atoms with van der Waals surface area (Å²) in [5.74, 6) is 0.733. The third-order valence-corrected chi connectivity index (χ3v) is 2.88. The Kier molecular flexibility index (Phi) is 5.51. The van der Waals surface area contributed by atoms with Crippen molar-refractivity contribution in [1.82, 2.24) is 10.2 Å². The summed E-state index contributed by atoms with van der Waals surface area (Å²) in [5.41, 5.74) is 0. The van der Waals surface area contributed by atoms with E-state index in [2.05, 4.69) is 19.2 Å². The number of rotatable bonds is 4. The van der Waals surface area contributed by atoms with Gasteiger partial charge >= 0.3 is 6.03 Å². The fourth-order valence-corrected chi connectivity index (χ4v) is 1.91.